The van der Waals surface area contributed by atoms with Crippen LogP contribution in [0.2, 0.25) is 0 Å². The predicted molar refractivity (Wildman–Crippen MR) is 35.9 cm³/mol. The van der Waals surface area contributed by atoms with Gasteiger partial charge in [-0.1, -0.05) is 8.67 Å². The molecular formula is CH4O11S2. The zero-order valence-electron chi connectivity index (χ0n) is 5.96. The lowest BCUT2D eigenvalue weighted by molar-refractivity contribution is -0.105. The van der Waals surface area contributed by atoms with E-state index in [9.17, 15) is 16.8 Å². The molecule has 0 spiro atoms. The summed E-state index contributed by atoms with van der Waals surface area (Å²) in [6.45, 7) is 0. The second kappa shape index (κ2) is 5.68. The summed E-state index contributed by atoms with van der Waals surface area (Å²) in [5.74, 6) is 0. The Morgan fingerprint density at radius 2 is 1.00 bits per heavy atom. The lowest BCUT2D eigenvalue weighted by Crippen LogP contribution is -2.10. The van der Waals surface area contributed by atoms with Gasteiger partial charge < -0.3 is 10.2 Å². The van der Waals surface area contributed by atoms with E-state index in [1.54, 1.807) is 0 Å². The quantitative estimate of drug-likeness (QED) is 0.269. The molecule has 0 unspecified atom stereocenters. The van der Waals surface area contributed by atoms with E-state index in [0.717, 1.165) is 0 Å². The Kier molecular flexibility index (Phi) is 6.28. The topological polar surface area (TPSA) is 185 Å². The zero-order chi connectivity index (χ0) is 12.0. The van der Waals surface area contributed by atoms with Crippen molar-refractivity contribution in [1.29, 1.82) is 0 Å². The molecule has 0 saturated carbocycles. The van der Waals surface area contributed by atoms with Crippen molar-refractivity contribution in [3.05, 3.63) is 0 Å². The third kappa shape index (κ3) is 30.5. The molecule has 0 bridgehead atoms. The van der Waals surface area contributed by atoms with E-state index < -0.39 is 27.0 Å². The fourth-order valence-corrected chi connectivity index (χ4v) is 0.632. The van der Waals surface area contributed by atoms with Crippen molar-refractivity contribution in [2.24, 2.45) is 0 Å². The van der Waals surface area contributed by atoms with Gasteiger partial charge in [-0.2, -0.15) is 16.8 Å². The van der Waals surface area contributed by atoms with Crippen LogP contribution in [0.1, 0.15) is 0 Å². The summed E-state index contributed by atoms with van der Waals surface area (Å²) in [5, 5.41) is 13.9. The molecule has 0 radical (unpaired) electrons. The monoisotopic (exact) mass is 256 g/mol. The highest BCUT2D eigenvalue weighted by Crippen LogP contribution is 1.92. The van der Waals surface area contributed by atoms with Gasteiger partial charge >= 0.3 is 27.0 Å². The van der Waals surface area contributed by atoms with Crippen molar-refractivity contribution in [3.8, 4) is 0 Å². The highest BCUT2D eigenvalue weighted by Gasteiger charge is 2.13. The zero-order valence-corrected chi connectivity index (χ0v) is 7.60. The third-order valence-electron chi connectivity index (χ3n) is 0.200. The van der Waals surface area contributed by atoms with E-state index in [4.69, 9.17) is 24.1 Å². The molecule has 14 heavy (non-hydrogen) atoms. The molecule has 0 amide bonds. The predicted octanol–water partition coefficient (Wildman–Crippen LogP) is -1.24. The molecule has 0 aliphatic rings. The summed E-state index contributed by atoms with van der Waals surface area (Å²) in [5.41, 5.74) is 0. The van der Waals surface area contributed by atoms with Crippen LogP contribution in [0.25, 0.3) is 0 Å². The normalized spacial score (nSPS) is 11.3. The molecule has 0 aromatic carbocycles. The number of hydrogen-bond acceptors (Lipinski definition) is 7. The van der Waals surface area contributed by atoms with Crippen molar-refractivity contribution in [3.63, 3.8) is 0 Å². The molecule has 13 heteroatoms. The number of hydrogen-bond donors (Lipinski definition) is 4. The minimum absolute atomic E-state index is 1.83. The number of rotatable bonds is 3. The fourth-order valence-electron chi connectivity index (χ4n) is 0.0702. The Hall–Kier alpha value is -0.990. The molecule has 0 heterocycles. The van der Waals surface area contributed by atoms with Crippen LogP contribution in [0.3, 0.4) is 0 Å². The molecule has 0 aliphatic heterocycles. The standard InChI is InChI=1S/CH2O3.H2O8S2/c2-1(3)4;1-9(2,3)7-8-10(4,5)6/h(H2,2,3,4);(H,1,2,3)(H,4,5,6). The molecule has 0 saturated heterocycles. The van der Waals surface area contributed by atoms with Crippen LogP contribution in [0.15, 0.2) is 0 Å². The van der Waals surface area contributed by atoms with Gasteiger partial charge in [0.15, 0.2) is 0 Å². The average Bonchev–Trinajstić information content (AvgIpc) is 1.79. The van der Waals surface area contributed by atoms with Crippen LogP contribution < -0.4 is 0 Å². The largest absolute Gasteiger partial charge is 0.503 e. The smallest absolute Gasteiger partial charge is 0.450 e. The van der Waals surface area contributed by atoms with E-state index in [0.29, 0.717) is 0 Å². The van der Waals surface area contributed by atoms with Crippen molar-refractivity contribution in [2.45, 2.75) is 0 Å². The summed E-state index contributed by atoms with van der Waals surface area (Å²) in [4.78, 5) is 8.56. The Morgan fingerprint density at radius 1 is 0.857 bits per heavy atom. The maximum Gasteiger partial charge on any atom is 0.503 e. The fraction of sp³-hybridized carbons (Fsp3) is 0. The first-order valence-electron chi connectivity index (χ1n) is 2.18. The molecule has 0 rings (SSSR count). The molecule has 0 fully saturated rings. The van der Waals surface area contributed by atoms with Gasteiger partial charge in [0, 0.05) is 0 Å². The highest BCUT2D eigenvalue weighted by molar-refractivity contribution is 7.83. The number of carbonyl (C=O) groups is 1. The van der Waals surface area contributed by atoms with E-state index in [-0.39, 0.29) is 0 Å². The first kappa shape index (κ1) is 15.5. The van der Waals surface area contributed by atoms with Crippen LogP contribution in [-0.2, 0) is 29.5 Å². The first-order valence-corrected chi connectivity index (χ1v) is 4.91. The minimum atomic E-state index is -5.02. The van der Waals surface area contributed by atoms with Crippen molar-refractivity contribution >= 4 is 27.0 Å². The van der Waals surface area contributed by atoms with Crippen LogP contribution in [0.5, 0.6) is 0 Å². The summed E-state index contributed by atoms with van der Waals surface area (Å²) in [6, 6.07) is 0. The van der Waals surface area contributed by atoms with Crippen LogP contribution in [0, 0.1) is 0 Å². The summed E-state index contributed by atoms with van der Waals surface area (Å²) in [7, 11) is -10.0. The van der Waals surface area contributed by atoms with Gasteiger partial charge in [0.05, 0.1) is 0 Å². The van der Waals surface area contributed by atoms with E-state index >= 15 is 0 Å². The van der Waals surface area contributed by atoms with Crippen LogP contribution >= 0.6 is 0 Å². The van der Waals surface area contributed by atoms with Crippen molar-refractivity contribution in [2.75, 3.05) is 0 Å². The Morgan fingerprint density at radius 3 is 1.07 bits per heavy atom. The maximum absolute atomic E-state index is 9.51. The Bertz CT molecular complexity index is 320. The van der Waals surface area contributed by atoms with Gasteiger partial charge in [0.1, 0.15) is 0 Å². The molecule has 0 aromatic heterocycles. The molecule has 11 nitrogen and oxygen atoms in total. The highest BCUT2D eigenvalue weighted by atomic mass is 32.3. The maximum atomic E-state index is 9.51. The molecule has 4 N–H and O–H groups in total. The summed E-state index contributed by atoms with van der Waals surface area (Å²) in [6.07, 6.45) is -1.83. The van der Waals surface area contributed by atoms with E-state index in [2.05, 4.69) is 8.67 Å². The van der Waals surface area contributed by atoms with Crippen LogP contribution in [-0.4, -0.2) is 42.3 Å². The molecule has 0 aliphatic carbocycles. The van der Waals surface area contributed by atoms with Crippen molar-refractivity contribution in [1.82, 2.24) is 0 Å². The Balaban J connectivity index is 0. The van der Waals surface area contributed by atoms with Gasteiger partial charge in [-0.25, -0.2) is 4.79 Å². The van der Waals surface area contributed by atoms with E-state index in [1.165, 1.54) is 0 Å². The van der Waals surface area contributed by atoms with Gasteiger partial charge in [-0.05, 0) is 0 Å². The lowest BCUT2D eigenvalue weighted by Gasteiger charge is -1.92. The molecule has 0 aromatic rings. The molecular weight excluding hydrogens is 252 g/mol. The average molecular weight is 256 g/mol. The Labute approximate surface area is 77.3 Å². The third-order valence-corrected chi connectivity index (χ3v) is 0.766. The second-order valence-electron chi connectivity index (χ2n) is 1.27. The van der Waals surface area contributed by atoms with Crippen LogP contribution in [0.4, 0.5) is 4.79 Å². The summed E-state index contributed by atoms with van der Waals surface area (Å²) < 4.78 is 58.9. The molecule has 0 atom stereocenters. The van der Waals surface area contributed by atoms with Gasteiger partial charge in [0.2, 0.25) is 0 Å². The van der Waals surface area contributed by atoms with Gasteiger partial charge in [-0.3, -0.25) is 9.11 Å². The summed E-state index contributed by atoms with van der Waals surface area (Å²) >= 11 is 0. The SMILES string of the molecule is O=C(O)O.O=S(=O)(O)OOS(=O)(=O)O. The second-order valence-corrected chi connectivity index (χ2v) is 3.26. The van der Waals surface area contributed by atoms with Gasteiger partial charge in [-0.15, -0.1) is 0 Å². The van der Waals surface area contributed by atoms with E-state index in [1.807, 2.05) is 0 Å². The molecule has 86 valence electrons. The minimum Gasteiger partial charge on any atom is -0.450 e. The lowest BCUT2D eigenvalue weighted by atomic mass is 11.5. The van der Waals surface area contributed by atoms with Gasteiger partial charge in [0.25, 0.3) is 0 Å². The van der Waals surface area contributed by atoms with Crippen molar-refractivity contribution < 1.29 is 49.6 Å². The number of carboxylic acid groups (broad SMARTS) is 2. The first-order chi connectivity index (χ1) is 5.94.